The molecule has 0 heterocycles. The lowest BCUT2D eigenvalue weighted by atomic mass is 10.0. The summed E-state index contributed by atoms with van der Waals surface area (Å²) in [6, 6.07) is 11.2. The van der Waals surface area contributed by atoms with Gasteiger partial charge in [0.2, 0.25) is 0 Å². The minimum Gasteiger partial charge on any atom is -0.288 e. The minimum atomic E-state index is -0.784. The maximum Gasteiger partial charge on any atom is 0.196 e. The van der Waals surface area contributed by atoms with Gasteiger partial charge in [-0.2, -0.15) is 0 Å². The quantitative estimate of drug-likeness (QED) is 0.584. The Bertz CT molecular complexity index is 567. The molecule has 0 radical (unpaired) electrons. The van der Waals surface area contributed by atoms with Crippen LogP contribution >= 0.6 is 23.2 Å². The first kappa shape index (κ1) is 12.1. The SMILES string of the molecule is O=C(c1ccccc1)c1ccc(Cl)c(Cl)c1F. The van der Waals surface area contributed by atoms with E-state index in [1.165, 1.54) is 12.1 Å². The topological polar surface area (TPSA) is 17.1 Å². The van der Waals surface area contributed by atoms with Crippen molar-refractivity contribution in [2.45, 2.75) is 0 Å². The maximum atomic E-state index is 13.8. The number of hydrogen-bond donors (Lipinski definition) is 0. The zero-order valence-electron chi connectivity index (χ0n) is 8.58. The van der Waals surface area contributed by atoms with Crippen molar-refractivity contribution >= 4 is 29.0 Å². The van der Waals surface area contributed by atoms with Crippen molar-refractivity contribution in [3.8, 4) is 0 Å². The van der Waals surface area contributed by atoms with Crippen LogP contribution in [0.15, 0.2) is 42.5 Å². The first-order valence-electron chi connectivity index (χ1n) is 4.84. The second kappa shape index (κ2) is 4.86. The summed E-state index contributed by atoms with van der Waals surface area (Å²) in [6.07, 6.45) is 0. The first-order valence-corrected chi connectivity index (χ1v) is 5.60. The number of benzene rings is 2. The molecule has 0 saturated heterocycles. The van der Waals surface area contributed by atoms with E-state index in [0.29, 0.717) is 5.56 Å². The number of carbonyl (C=O) groups excluding carboxylic acids is 1. The highest BCUT2D eigenvalue weighted by Crippen LogP contribution is 2.28. The fourth-order valence-electron chi connectivity index (χ4n) is 1.45. The lowest BCUT2D eigenvalue weighted by Gasteiger charge is -2.05. The Balaban J connectivity index is 2.49. The number of ketones is 1. The van der Waals surface area contributed by atoms with E-state index in [2.05, 4.69) is 0 Å². The molecule has 17 heavy (non-hydrogen) atoms. The van der Waals surface area contributed by atoms with Gasteiger partial charge >= 0.3 is 0 Å². The maximum absolute atomic E-state index is 13.8. The summed E-state index contributed by atoms with van der Waals surface area (Å²) in [5.74, 6) is -1.20. The monoisotopic (exact) mass is 268 g/mol. The van der Waals surface area contributed by atoms with Gasteiger partial charge in [0.1, 0.15) is 0 Å². The number of hydrogen-bond acceptors (Lipinski definition) is 1. The molecule has 2 rings (SSSR count). The van der Waals surface area contributed by atoms with Crippen LogP contribution in [0.4, 0.5) is 4.39 Å². The molecule has 0 atom stereocenters. The van der Waals surface area contributed by atoms with Gasteiger partial charge in [0.15, 0.2) is 11.6 Å². The van der Waals surface area contributed by atoms with E-state index in [1.54, 1.807) is 30.3 Å². The summed E-state index contributed by atoms with van der Waals surface area (Å²) < 4.78 is 13.8. The molecular weight excluding hydrogens is 262 g/mol. The minimum absolute atomic E-state index is 0.0781. The lowest BCUT2D eigenvalue weighted by molar-refractivity contribution is 0.103. The molecule has 0 spiro atoms. The molecule has 2 aromatic rings. The van der Waals surface area contributed by atoms with Gasteiger partial charge in [-0.15, -0.1) is 0 Å². The van der Waals surface area contributed by atoms with Crippen LogP contribution in [0.5, 0.6) is 0 Å². The van der Waals surface area contributed by atoms with E-state index >= 15 is 0 Å². The Kier molecular flexibility index (Phi) is 3.46. The van der Waals surface area contributed by atoms with Crippen LogP contribution in [0.3, 0.4) is 0 Å². The van der Waals surface area contributed by atoms with E-state index in [-0.39, 0.29) is 15.6 Å². The van der Waals surface area contributed by atoms with Crippen LogP contribution in [-0.4, -0.2) is 5.78 Å². The Morgan fingerprint density at radius 3 is 2.29 bits per heavy atom. The second-order valence-electron chi connectivity index (χ2n) is 3.42. The molecule has 0 N–H and O–H groups in total. The zero-order chi connectivity index (χ0) is 12.4. The molecule has 0 amide bonds. The Labute approximate surface area is 108 Å². The summed E-state index contributed by atoms with van der Waals surface area (Å²) in [5.41, 5.74) is 0.329. The van der Waals surface area contributed by atoms with Gasteiger partial charge in [-0.25, -0.2) is 4.39 Å². The predicted octanol–water partition coefficient (Wildman–Crippen LogP) is 4.36. The van der Waals surface area contributed by atoms with E-state index in [0.717, 1.165) is 0 Å². The third-order valence-corrected chi connectivity index (χ3v) is 3.10. The summed E-state index contributed by atoms with van der Waals surface area (Å²) in [4.78, 5) is 12.0. The van der Waals surface area contributed by atoms with Gasteiger partial charge in [0.05, 0.1) is 15.6 Å². The van der Waals surface area contributed by atoms with Gasteiger partial charge in [0, 0.05) is 5.56 Å². The van der Waals surface area contributed by atoms with Gasteiger partial charge in [-0.1, -0.05) is 53.5 Å². The highest BCUT2D eigenvalue weighted by atomic mass is 35.5. The van der Waals surface area contributed by atoms with Gasteiger partial charge < -0.3 is 0 Å². The number of carbonyl (C=O) groups is 1. The molecular formula is C13H7Cl2FO. The molecule has 0 aliphatic carbocycles. The molecule has 2 aromatic carbocycles. The van der Waals surface area contributed by atoms with Crippen LogP contribution < -0.4 is 0 Å². The van der Waals surface area contributed by atoms with Gasteiger partial charge in [0.25, 0.3) is 0 Å². The smallest absolute Gasteiger partial charge is 0.196 e. The molecule has 1 nitrogen and oxygen atoms in total. The van der Waals surface area contributed by atoms with Crippen molar-refractivity contribution in [1.29, 1.82) is 0 Å². The molecule has 86 valence electrons. The first-order chi connectivity index (χ1) is 8.11. The van der Waals surface area contributed by atoms with E-state index in [9.17, 15) is 9.18 Å². The molecule has 0 bridgehead atoms. The van der Waals surface area contributed by atoms with Crippen molar-refractivity contribution in [3.63, 3.8) is 0 Å². The average Bonchev–Trinajstić information content (AvgIpc) is 2.36. The molecule has 0 aliphatic rings. The second-order valence-corrected chi connectivity index (χ2v) is 4.20. The van der Waals surface area contributed by atoms with Crippen molar-refractivity contribution in [3.05, 3.63) is 69.5 Å². The zero-order valence-corrected chi connectivity index (χ0v) is 10.1. The van der Waals surface area contributed by atoms with E-state index in [1.807, 2.05) is 0 Å². The van der Waals surface area contributed by atoms with Gasteiger partial charge in [-0.05, 0) is 12.1 Å². The number of halogens is 3. The van der Waals surface area contributed by atoms with Crippen molar-refractivity contribution in [2.24, 2.45) is 0 Å². The third kappa shape index (κ3) is 2.33. The van der Waals surface area contributed by atoms with Crippen LogP contribution in [0.2, 0.25) is 10.0 Å². The Hall–Kier alpha value is -1.38. The largest absolute Gasteiger partial charge is 0.288 e. The molecule has 0 aromatic heterocycles. The summed E-state index contributed by atoms with van der Waals surface area (Å²) in [7, 11) is 0. The number of rotatable bonds is 2. The predicted molar refractivity (Wildman–Crippen MR) is 66.3 cm³/mol. The summed E-state index contributed by atoms with van der Waals surface area (Å²) in [5, 5.41) is -0.137. The fourth-order valence-corrected chi connectivity index (χ4v) is 1.76. The lowest BCUT2D eigenvalue weighted by Crippen LogP contribution is -2.04. The molecule has 0 unspecified atom stereocenters. The van der Waals surface area contributed by atoms with Crippen LogP contribution in [0, 0.1) is 5.82 Å². The Morgan fingerprint density at radius 1 is 1.00 bits per heavy atom. The van der Waals surface area contributed by atoms with Crippen LogP contribution in [0.1, 0.15) is 15.9 Å². The molecule has 0 fully saturated rings. The summed E-state index contributed by atoms with van der Waals surface area (Å²) in [6.45, 7) is 0. The van der Waals surface area contributed by atoms with E-state index in [4.69, 9.17) is 23.2 Å². The van der Waals surface area contributed by atoms with Crippen molar-refractivity contribution in [2.75, 3.05) is 0 Å². The van der Waals surface area contributed by atoms with Crippen molar-refractivity contribution in [1.82, 2.24) is 0 Å². The van der Waals surface area contributed by atoms with E-state index < -0.39 is 11.6 Å². The van der Waals surface area contributed by atoms with Crippen LogP contribution in [-0.2, 0) is 0 Å². The normalized spacial score (nSPS) is 10.3. The highest BCUT2D eigenvalue weighted by molar-refractivity contribution is 6.42. The molecule has 4 heteroatoms. The standard InChI is InChI=1S/C13H7Cl2FO/c14-10-7-6-9(12(16)11(10)15)13(17)8-4-2-1-3-5-8/h1-7H. The fraction of sp³-hybridized carbons (Fsp3) is 0. The third-order valence-electron chi connectivity index (χ3n) is 2.32. The Morgan fingerprint density at radius 2 is 1.65 bits per heavy atom. The van der Waals surface area contributed by atoms with Crippen LogP contribution in [0.25, 0.3) is 0 Å². The highest BCUT2D eigenvalue weighted by Gasteiger charge is 2.17. The molecule has 0 aliphatic heterocycles. The summed E-state index contributed by atoms with van der Waals surface area (Å²) >= 11 is 11.3. The molecule has 0 saturated carbocycles. The van der Waals surface area contributed by atoms with Crippen molar-refractivity contribution < 1.29 is 9.18 Å². The van der Waals surface area contributed by atoms with Gasteiger partial charge in [-0.3, -0.25) is 4.79 Å². The average molecular weight is 269 g/mol.